The Hall–Kier alpha value is -2.63. The third-order valence-electron chi connectivity index (χ3n) is 5.33. The van der Waals surface area contributed by atoms with Gasteiger partial charge in [0.05, 0.1) is 5.69 Å². The summed E-state index contributed by atoms with van der Waals surface area (Å²) in [5.41, 5.74) is 8.62. The van der Waals surface area contributed by atoms with Crippen LogP contribution in [0, 0.1) is 5.92 Å². The fourth-order valence-electron chi connectivity index (χ4n) is 3.98. The van der Waals surface area contributed by atoms with Crippen LogP contribution in [0.15, 0.2) is 30.6 Å². The predicted molar refractivity (Wildman–Crippen MR) is 99.0 cm³/mol. The zero-order valence-corrected chi connectivity index (χ0v) is 14.9. The minimum atomic E-state index is -0.216. The smallest absolute Gasteiger partial charge is 0.217 e. The molecule has 6 heteroatoms. The Morgan fingerprint density at radius 1 is 1.31 bits per heavy atom. The normalized spacial score (nSPS) is 19.1. The number of carbonyl (C=O) groups excluding carboxylic acids is 1. The third kappa shape index (κ3) is 3.49. The number of hydrogen-bond acceptors (Lipinski definition) is 5. The van der Waals surface area contributed by atoms with Gasteiger partial charge in [-0.15, -0.1) is 0 Å². The molecule has 0 spiro atoms. The van der Waals surface area contributed by atoms with E-state index in [-0.39, 0.29) is 5.91 Å². The van der Waals surface area contributed by atoms with Crippen molar-refractivity contribution < 1.29 is 9.53 Å². The fraction of sp³-hybridized carbons (Fsp3) is 0.450. The molecule has 2 aliphatic rings. The molecule has 0 saturated carbocycles. The fourth-order valence-corrected chi connectivity index (χ4v) is 3.98. The van der Waals surface area contributed by atoms with Crippen molar-refractivity contribution in [3.8, 4) is 5.75 Å². The molecule has 1 aromatic heterocycles. The van der Waals surface area contributed by atoms with E-state index in [4.69, 9.17) is 10.5 Å². The number of anilines is 1. The summed E-state index contributed by atoms with van der Waals surface area (Å²) in [6.45, 7) is 2.37. The van der Waals surface area contributed by atoms with Gasteiger partial charge < -0.3 is 15.4 Å². The van der Waals surface area contributed by atoms with Crippen LogP contribution in [-0.2, 0) is 17.8 Å². The minimum Gasteiger partial charge on any atom is -0.487 e. The molecule has 1 atom stereocenters. The molecule has 1 fully saturated rings. The van der Waals surface area contributed by atoms with Crippen molar-refractivity contribution in [1.82, 2.24) is 9.97 Å². The summed E-state index contributed by atoms with van der Waals surface area (Å²) >= 11 is 0. The van der Waals surface area contributed by atoms with E-state index >= 15 is 0 Å². The lowest BCUT2D eigenvalue weighted by molar-refractivity contribution is -0.118. The van der Waals surface area contributed by atoms with Crippen LogP contribution in [0.2, 0.25) is 0 Å². The molecule has 2 aromatic rings. The molecule has 0 bridgehead atoms. The second-order valence-corrected chi connectivity index (χ2v) is 7.15. The van der Waals surface area contributed by atoms with Gasteiger partial charge in [0.15, 0.2) is 0 Å². The van der Waals surface area contributed by atoms with Gasteiger partial charge in [0.1, 0.15) is 24.5 Å². The van der Waals surface area contributed by atoms with Gasteiger partial charge in [-0.1, -0.05) is 18.2 Å². The Kier molecular flexibility index (Phi) is 4.73. The Morgan fingerprint density at radius 2 is 2.19 bits per heavy atom. The summed E-state index contributed by atoms with van der Waals surface area (Å²) in [4.78, 5) is 22.6. The highest BCUT2D eigenvalue weighted by Gasteiger charge is 2.26. The second kappa shape index (κ2) is 7.32. The lowest BCUT2D eigenvalue weighted by Gasteiger charge is -2.34. The Labute approximate surface area is 153 Å². The van der Waals surface area contributed by atoms with Gasteiger partial charge in [-0.3, -0.25) is 4.79 Å². The van der Waals surface area contributed by atoms with E-state index in [0.29, 0.717) is 18.9 Å². The SMILES string of the molecule is NC(=O)CC[C@H]1CCCN(c2ncnc3c2Cc2ccccc2OC3)C1. The van der Waals surface area contributed by atoms with E-state index in [0.717, 1.165) is 61.6 Å². The van der Waals surface area contributed by atoms with Crippen molar-refractivity contribution in [1.29, 1.82) is 0 Å². The van der Waals surface area contributed by atoms with Gasteiger partial charge in [0.25, 0.3) is 0 Å². The zero-order chi connectivity index (χ0) is 17.9. The molecule has 0 unspecified atom stereocenters. The first-order valence-electron chi connectivity index (χ1n) is 9.27. The van der Waals surface area contributed by atoms with Crippen LogP contribution in [0.25, 0.3) is 0 Å². The summed E-state index contributed by atoms with van der Waals surface area (Å²) in [7, 11) is 0. The van der Waals surface area contributed by atoms with Gasteiger partial charge in [-0.05, 0) is 36.8 Å². The number of hydrogen-bond donors (Lipinski definition) is 1. The van der Waals surface area contributed by atoms with Crippen LogP contribution in [-0.4, -0.2) is 29.0 Å². The van der Waals surface area contributed by atoms with Crippen LogP contribution in [0.4, 0.5) is 5.82 Å². The molecule has 3 heterocycles. The van der Waals surface area contributed by atoms with Crippen LogP contribution in [0.5, 0.6) is 5.75 Å². The highest BCUT2D eigenvalue weighted by molar-refractivity contribution is 5.73. The zero-order valence-electron chi connectivity index (χ0n) is 14.9. The van der Waals surface area contributed by atoms with Crippen molar-refractivity contribution in [2.75, 3.05) is 18.0 Å². The molecule has 0 aliphatic carbocycles. The molecule has 136 valence electrons. The Morgan fingerprint density at radius 3 is 3.08 bits per heavy atom. The summed E-state index contributed by atoms with van der Waals surface area (Å²) in [6, 6.07) is 8.15. The number of fused-ring (bicyclic) bond motifs is 2. The van der Waals surface area contributed by atoms with Gasteiger partial charge in [0.2, 0.25) is 5.91 Å². The monoisotopic (exact) mass is 352 g/mol. The van der Waals surface area contributed by atoms with Crippen molar-refractivity contribution in [3.05, 3.63) is 47.4 Å². The molecule has 2 N–H and O–H groups in total. The maximum Gasteiger partial charge on any atom is 0.217 e. The number of para-hydroxylation sites is 1. The van der Waals surface area contributed by atoms with Crippen molar-refractivity contribution >= 4 is 11.7 Å². The van der Waals surface area contributed by atoms with Crippen molar-refractivity contribution in [3.63, 3.8) is 0 Å². The number of carbonyl (C=O) groups is 1. The van der Waals surface area contributed by atoms with E-state index in [2.05, 4.69) is 20.9 Å². The first kappa shape index (κ1) is 16.8. The van der Waals surface area contributed by atoms with Gasteiger partial charge in [-0.2, -0.15) is 0 Å². The molecule has 1 saturated heterocycles. The van der Waals surface area contributed by atoms with E-state index in [1.54, 1.807) is 6.33 Å². The average molecular weight is 352 g/mol. The quantitative estimate of drug-likeness (QED) is 0.914. The van der Waals surface area contributed by atoms with Crippen molar-refractivity contribution in [2.24, 2.45) is 11.7 Å². The predicted octanol–water partition coefficient (Wildman–Crippen LogP) is 2.44. The number of nitrogens with two attached hydrogens (primary N) is 1. The second-order valence-electron chi connectivity index (χ2n) is 7.15. The largest absolute Gasteiger partial charge is 0.487 e. The van der Waals surface area contributed by atoms with Crippen LogP contribution in [0.1, 0.15) is 42.5 Å². The highest BCUT2D eigenvalue weighted by Crippen LogP contribution is 2.33. The minimum absolute atomic E-state index is 0.216. The number of nitrogens with zero attached hydrogens (tertiary/aromatic N) is 3. The van der Waals surface area contributed by atoms with E-state index in [1.165, 1.54) is 5.56 Å². The van der Waals surface area contributed by atoms with E-state index in [9.17, 15) is 4.79 Å². The lowest BCUT2D eigenvalue weighted by atomic mass is 9.92. The maximum absolute atomic E-state index is 11.1. The van der Waals surface area contributed by atoms with Crippen molar-refractivity contribution in [2.45, 2.75) is 38.7 Å². The van der Waals surface area contributed by atoms with Crippen LogP contribution < -0.4 is 15.4 Å². The Bertz CT molecular complexity index is 808. The summed E-state index contributed by atoms with van der Waals surface area (Å²) in [5.74, 6) is 2.21. The van der Waals surface area contributed by atoms with E-state index in [1.807, 2.05) is 18.2 Å². The molecule has 0 radical (unpaired) electrons. The van der Waals surface area contributed by atoms with E-state index < -0.39 is 0 Å². The number of piperidine rings is 1. The maximum atomic E-state index is 11.1. The van der Waals surface area contributed by atoms with Crippen LogP contribution in [0.3, 0.4) is 0 Å². The standard InChI is InChI=1S/C20H24N4O2/c21-19(25)8-7-14-4-3-9-24(11-14)20-16-10-15-5-1-2-6-18(15)26-12-17(16)22-13-23-20/h1-2,5-6,13-14H,3-4,7-12H2,(H2,21,25)/t14-/m1/s1. The first-order valence-corrected chi connectivity index (χ1v) is 9.27. The molecular weight excluding hydrogens is 328 g/mol. The number of ether oxygens (including phenoxy) is 1. The summed E-state index contributed by atoms with van der Waals surface area (Å²) < 4.78 is 5.94. The molecule has 1 amide bonds. The molecule has 26 heavy (non-hydrogen) atoms. The lowest BCUT2D eigenvalue weighted by Crippen LogP contribution is -2.37. The van der Waals surface area contributed by atoms with Gasteiger partial charge in [-0.25, -0.2) is 9.97 Å². The number of rotatable bonds is 4. The molecule has 1 aromatic carbocycles. The molecule has 6 nitrogen and oxygen atoms in total. The van der Waals surface area contributed by atoms with Gasteiger partial charge >= 0.3 is 0 Å². The Balaban J connectivity index is 1.59. The number of primary amides is 1. The number of aromatic nitrogens is 2. The first-order chi connectivity index (χ1) is 12.7. The molecular formula is C20H24N4O2. The molecule has 4 rings (SSSR count). The average Bonchev–Trinajstić information content (AvgIpc) is 2.86. The number of amides is 1. The molecule has 2 aliphatic heterocycles. The third-order valence-corrected chi connectivity index (χ3v) is 5.33. The summed E-state index contributed by atoms with van der Waals surface area (Å²) in [6.07, 6.45) is 5.98. The number of benzene rings is 1. The van der Waals surface area contributed by atoms with Gasteiger partial charge in [0, 0.05) is 31.5 Å². The van der Waals surface area contributed by atoms with Crippen LogP contribution >= 0.6 is 0 Å². The highest BCUT2D eigenvalue weighted by atomic mass is 16.5. The topological polar surface area (TPSA) is 81.3 Å². The summed E-state index contributed by atoms with van der Waals surface area (Å²) in [5, 5.41) is 0.